The van der Waals surface area contributed by atoms with Crippen LogP contribution in [-0.2, 0) is 30.3 Å². The third-order valence-corrected chi connectivity index (χ3v) is 16.5. The van der Waals surface area contributed by atoms with Gasteiger partial charge in [-0.2, -0.15) is 0 Å². The second kappa shape index (κ2) is 18.2. The van der Waals surface area contributed by atoms with Gasteiger partial charge >= 0.3 is 167 Å². The van der Waals surface area contributed by atoms with Crippen molar-refractivity contribution in [1.29, 1.82) is 0 Å². The predicted octanol–water partition coefficient (Wildman–Crippen LogP) is 13.8. The van der Waals surface area contributed by atoms with Crippen molar-refractivity contribution in [2.45, 2.75) is 104 Å². The quantitative estimate of drug-likeness (QED) is 0.0644. The predicted molar refractivity (Wildman–Crippen MR) is 235 cm³/mol. The summed E-state index contributed by atoms with van der Waals surface area (Å²) in [6, 6.07) is 30.8. The monoisotopic (exact) mass is 979 g/mol. The van der Waals surface area contributed by atoms with Gasteiger partial charge in [0.2, 0.25) is 0 Å². The van der Waals surface area contributed by atoms with E-state index in [1.54, 1.807) is 4.40 Å². The van der Waals surface area contributed by atoms with E-state index in [1.807, 2.05) is 45.2 Å². The van der Waals surface area contributed by atoms with Gasteiger partial charge in [-0.1, -0.05) is 72.1 Å². The minimum Gasteiger partial charge on any atom is 0 e. The Morgan fingerprint density at radius 2 is 1.44 bits per heavy atom. The standard InChI is InChI=1S/C35H34GeNS.C13H24O2.Ir/c1-22-27(23-12-14-26(15-13-23)36(5,6)7)16-17-29-30-18-19-37-32(34(30)38-33(22)29)25-20-24-10-8-9-11-28(24)31(21-25)35(2,3)4;1-5-10(6-2)12(14)9-13(15)11(7-3)8-4;/h8-19,21H,1-7H3;9-11,14H,5-8H2,1-4H3;/q-1;;/b;12-9-;. The molecule has 6 rings (SSSR count). The Labute approximate surface area is 344 Å². The summed E-state index contributed by atoms with van der Waals surface area (Å²) in [5.41, 5.74) is 7.43. The molecule has 0 saturated carbocycles. The fourth-order valence-corrected chi connectivity index (χ4v) is 11.1. The van der Waals surface area contributed by atoms with Crippen LogP contribution in [0.4, 0.5) is 0 Å². The molecule has 6 aromatic rings. The number of carbonyl (C=O) groups is 1. The van der Waals surface area contributed by atoms with E-state index in [-0.39, 0.29) is 48.9 Å². The number of aliphatic hydroxyl groups excluding tert-OH is 1. The van der Waals surface area contributed by atoms with Gasteiger partial charge in [-0.05, 0) is 31.1 Å². The van der Waals surface area contributed by atoms with E-state index < -0.39 is 13.3 Å². The molecule has 0 aliphatic rings. The molecule has 0 aliphatic heterocycles. The minimum atomic E-state index is -1.83. The molecule has 0 unspecified atom stereocenters. The molecule has 0 saturated heterocycles. The molecule has 1 radical (unpaired) electrons. The number of aromatic nitrogens is 1. The van der Waals surface area contributed by atoms with Gasteiger partial charge in [0.1, 0.15) is 0 Å². The topological polar surface area (TPSA) is 50.2 Å². The second-order valence-corrected chi connectivity index (χ2v) is 28.1. The Kier molecular flexibility index (Phi) is 14.7. The van der Waals surface area contributed by atoms with Crippen molar-refractivity contribution in [1.82, 2.24) is 4.98 Å². The van der Waals surface area contributed by atoms with Crippen LogP contribution in [-0.4, -0.2) is 29.1 Å². The summed E-state index contributed by atoms with van der Waals surface area (Å²) in [4.78, 5) is 16.6. The van der Waals surface area contributed by atoms with Crippen molar-refractivity contribution >= 4 is 65.7 Å². The van der Waals surface area contributed by atoms with E-state index in [2.05, 4.69) is 124 Å². The number of thiophene rings is 1. The van der Waals surface area contributed by atoms with Crippen LogP contribution in [0.5, 0.6) is 0 Å². The van der Waals surface area contributed by atoms with E-state index in [1.165, 1.54) is 53.9 Å². The molecule has 0 amide bonds. The third kappa shape index (κ3) is 9.47. The Morgan fingerprint density at radius 3 is 2.04 bits per heavy atom. The van der Waals surface area contributed by atoms with Gasteiger partial charge in [-0.25, -0.2) is 0 Å². The summed E-state index contributed by atoms with van der Waals surface area (Å²) in [7, 11) is 0. The first-order chi connectivity index (χ1) is 25.1. The van der Waals surface area contributed by atoms with E-state index in [9.17, 15) is 9.90 Å². The molecular weight excluding hydrogens is 919 g/mol. The number of benzene rings is 4. The third-order valence-electron chi connectivity index (χ3n) is 10.8. The van der Waals surface area contributed by atoms with Crippen molar-refractivity contribution in [2.75, 3.05) is 0 Å². The van der Waals surface area contributed by atoms with Crippen LogP contribution in [0.25, 0.3) is 53.3 Å². The molecule has 3 nitrogen and oxygen atoms in total. The van der Waals surface area contributed by atoms with Gasteiger partial charge in [0.15, 0.2) is 5.78 Å². The van der Waals surface area contributed by atoms with Crippen LogP contribution < -0.4 is 4.40 Å². The average molecular weight is 978 g/mol. The number of carbonyl (C=O) groups excluding carboxylic acids is 1. The molecular formula is C48H58GeIrNO2S-. The number of allylic oxidation sites excluding steroid dienone is 2. The fraction of sp³-hybridized carbons (Fsp3) is 0.375. The van der Waals surface area contributed by atoms with Gasteiger partial charge in [0, 0.05) is 38.0 Å². The van der Waals surface area contributed by atoms with Gasteiger partial charge < -0.3 is 5.11 Å². The zero-order chi connectivity index (χ0) is 38.7. The molecule has 54 heavy (non-hydrogen) atoms. The van der Waals surface area contributed by atoms with E-state index >= 15 is 0 Å². The molecule has 0 fully saturated rings. The van der Waals surface area contributed by atoms with Crippen LogP contribution in [0.3, 0.4) is 0 Å². The summed E-state index contributed by atoms with van der Waals surface area (Å²) < 4.78 is 4.14. The maximum Gasteiger partial charge on any atom is 0 e. The Bertz CT molecular complexity index is 2250. The van der Waals surface area contributed by atoms with Crippen LogP contribution in [0.1, 0.15) is 85.3 Å². The zero-order valence-electron chi connectivity index (χ0n) is 34.1. The Hall–Kier alpha value is -3.09. The first-order valence-electron chi connectivity index (χ1n) is 19.4. The first kappa shape index (κ1) is 43.6. The first-order valence-corrected chi connectivity index (χ1v) is 27.6. The number of ketones is 1. The Morgan fingerprint density at radius 1 is 0.833 bits per heavy atom. The molecule has 4 aromatic carbocycles. The molecule has 1 N–H and O–H groups in total. The number of rotatable bonds is 10. The van der Waals surface area contributed by atoms with Crippen LogP contribution >= 0.6 is 11.3 Å². The molecule has 6 heteroatoms. The number of nitrogens with zero attached hydrogens (tertiary/aromatic N) is 1. The van der Waals surface area contributed by atoms with Gasteiger partial charge in [-0.3, -0.25) is 4.79 Å². The molecule has 0 bridgehead atoms. The van der Waals surface area contributed by atoms with Crippen molar-refractivity contribution in [3.63, 3.8) is 0 Å². The average Bonchev–Trinajstić information content (AvgIpc) is 3.52. The van der Waals surface area contributed by atoms with Crippen LogP contribution in [0.2, 0.25) is 17.3 Å². The van der Waals surface area contributed by atoms with Crippen molar-refractivity contribution in [3.05, 3.63) is 108 Å². The normalized spacial score (nSPS) is 12.4. The van der Waals surface area contributed by atoms with Gasteiger partial charge in [0.05, 0.1) is 5.76 Å². The summed E-state index contributed by atoms with van der Waals surface area (Å²) in [6.45, 7) is 17.2. The van der Waals surface area contributed by atoms with E-state index in [4.69, 9.17) is 4.98 Å². The number of hydrogen-bond acceptors (Lipinski definition) is 4. The smallest absolute Gasteiger partial charge is 0 e. The van der Waals surface area contributed by atoms with E-state index in [0.29, 0.717) is 0 Å². The zero-order valence-corrected chi connectivity index (χ0v) is 39.4. The SMILES string of the molecule is CCC(CC)C(=O)/C=C(\O)C(CC)CC.Cc1c(-c2cc[c]([Ge]([CH3])([CH3])[CH3])cc2)ccc2c1sc1c(-c3[c-]c4ccccc4c(C(C)(C)C)c3)nccc12.[Ir]. The summed E-state index contributed by atoms with van der Waals surface area (Å²) in [5.74, 6) is 7.90. The molecule has 0 spiro atoms. The largest absolute Gasteiger partial charge is 0 e. The summed E-state index contributed by atoms with van der Waals surface area (Å²) in [6.07, 6.45) is 6.87. The van der Waals surface area contributed by atoms with Gasteiger partial charge in [-0.15, -0.1) is 17.0 Å². The summed E-state index contributed by atoms with van der Waals surface area (Å²) >= 11 is 0.0410. The molecule has 2 heterocycles. The van der Waals surface area contributed by atoms with Crippen molar-refractivity contribution in [3.8, 4) is 22.4 Å². The summed E-state index contributed by atoms with van der Waals surface area (Å²) in [5, 5.41) is 14.8. The van der Waals surface area contributed by atoms with Gasteiger partial charge in [0.25, 0.3) is 0 Å². The number of aryl methyl sites for hydroxylation is 1. The number of pyridine rings is 1. The molecule has 287 valence electrons. The van der Waals surface area contributed by atoms with Crippen molar-refractivity contribution < 1.29 is 30.0 Å². The van der Waals surface area contributed by atoms with Crippen molar-refractivity contribution in [2.24, 2.45) is 11.8 Å². The Balaban J connectivity index is 0.000000347. The maximum atomic E-state index is 11.7. The van der Waals surface area contributed by atoms with Crippen LogP contribution in [0, 0.1) is 24.8 Å². The molecule has 0 atom stereocenters. The van der Waals surface area contributed by atoms with Crippen LogP contribution in [0.15, 0.2) is 90.8 Å². The van der Waals surface area contributed by atoms with E-state index in [0.717, 1.165) is 42.3 Å². The second-order valence-electron chi connectivity index (χ2n) is 16.5. The number of aliphatic hydroxyl groups is 1. The molecule has 0 aliphatic carbocycles. The number of hydrogen-bond donors (Lipinski definition) is 1. The molecule has 2 aromatic heterocycles. The maximum absolute atomic E-state index is 11.7. The number of fused-ring (bicyclic) bond motifs is 4. The minimum absolute atomic E-state index is 0. The fourth-order valence-electron chi connectivity index (χ4n) is 7.31.